The summed E-state index contributed by atoms with van der Waals surface area (Å²) >= 11 is 9.39. The molecule has 282 valence electrons. The van der Waals surface area contributed by atoms with Gasteiger partial charge in [0.05, 0.1) is 21.2 Å². The first-order valence-electron chi connectivity index (χ1n) is 15.8. The van der Waals surface area contributed by atoms with Gasteiger partial charge in [0.1, 0.15) is 34.4 Å². The van der Waals surface area contributed by atoms with Crippen LogP contribution in [0.3, 0.4) is 0 Å². The van der Waals surface area contributed by atoms with Crippen LogP contribution in [0.15, 0.2) is 39.8 Å². The van der Waals surface area contributed by atoms with E-state index in [1.54, 1.807) is 20.8 Å². The fourth-order valence-corrected chi connectivity index (χ4v) is 8.39. The summed E-state index contributed by atoms with van der Waals surface area (Å²) in [4.78, 5) is 51.2. The van der Waals surface area contributed by atoms with E-state index < -0.39 is 102 Å². The van der Waals surface area contributed by atoms with Crippen LogP contribution in [0.25, 0.3) is 0 Å². The number of amides is 2. The molecule has 2 aromatic rings. The van der Waals surface area contributed by atoms with Gasteiger partial charge < -0.3 is 24.5 Å². The molecule has 2 amide bonds. The first kappa shape index (κ1) is 39.5. The Bertz CT molecular complexity index is 1940. The van der Waals surface area contributed by atoms with E-state index in [-0.39, 0.29) is 23.2 Å². The summed E-state index contributed by atoms with van der Waals surface area (Å²) in [6, 6.07) is 4.33. The molecule has 1 aromatic heterocycles. The molecule has 20 heteroatoms. The Balaban J connectivity index is 1.53. The summed E-state index contributed by atoms with van der Waals surface area (Å²) in [6.45, 7) is 4.70. The fraction of sp³-hybridized carbons (Fsp3) is 0.531. The molecule has 1 unspecified atom stereocenters. The van der Waals surface area contributed by atoms with Gasteiger partial charge in [-0.15, -0.1) is 5.06 Å². The molecule has 5 rings (SSSR count). The average molecular weight is 839 g/mol. The van der Waals surface area contributed by atoms with Crippen LogP contribution < -0.4 is 10.1 Å². The number of aromatic nitrogens is 1. The van der Waals surface area contributed by atoms with Gasteiger partial charge in [-0.3, -0.25) is 14.6 Å². The predicted octanol–water partition coefficient (Wildman–Crippen LogP) is 5.35. The second kappa shape index (κ2) is 13.9. The molecule has 3 aliphatic rings. The molecule has 0 radical (unpaired) electrons. The second-order valence-electron chi connectivity index (χ2n) is 13.7. The number of hydrogen-bond donors (Lipinski definition) is 1. The molecule has 3 fully saturated rings. The largest absolute Gasteiger partial charge is 0.528 e. The van der Waals surface area contributed by atoms with Gasteiger partial charge in [0.2, 0.25) is 5.91 Å². The highest BCUT2D eigenvalue weighted by Gasteiger charge is 2.62. The zero-order valence-corrected chi connectivity index (χ0v) is 31.3. The lowest BCUT2D eigenvalue weighted by Crippen LogP contribution is -2.67. The Morgan fingerprint density at radius 1 is 1.17 bits per heavy atom. The standard InChI is InChI=1S/C32H33BrClF4N5O8S/c1-17(32(36,37)38)49-19-5-6-24(21(34)12-19)52(47,48)20-13-23(26(44)41-30(16-39)7-8-30)42(15-20)27(45)31(25-22(35)11-18(33)14-40-25)9-10-43(31)51-28(46)50-29(2,3)4/h5-6,11-12,14,17,20,23H,7-10,13,15H2,1-4H3,(H,41,44)/t17-,20+,23-,31?/m0/s1. The van der Waals surface area contributed by atoms with Gasteiger partial charge in [0, 0.05) is 29.8 Å². The average Bonchev–Trinajstić information content (AvgIpc) is 3.63. The number of halogens is 6. The van der Waals surface area contributed by atoms with Crippen molar-refractivity contribution in [3.05, 3.63) is 51.5 Å². The molecule has 52 heavy (non-hydrogen) atoms. The van der Waals surface area contributed by atoms with E-state index in [0.717, 1.165) is 41.2 Å². The number of hydroxylamine groups is 2. The van der Waals surface area contributed by atoms with Crippen molar-refractivity contribution in [1.82, 2.24) is 20.3 Å². The number of benzene rings is 1. The van der Waals surface area contributed by atoms with E-state index in [9.17, 15) is 41.2 Å². The summed E-state index contributed by atoms with van der Waals surface area (Å²) in [7, 11) is -4.54. The van der Waals surface area contributed by atoms with Gasteiger partial charge in [-0.2, -0.15) is 18.4 Å². The van der Waals surface area contributed by atoms with E-state index >= 15 is 4.39 Å². The molecule has 1 aromatic carbocycles. The minimum absolute atomic E-state index is 0.108. The van der Waals surface area contributed by atoms with Crippen LogP contribution in [0.4, 0.5) is 22.4 Å². The number of sulfone groups is 1. The summed E-state index contributed by atoms with van der Waals surface area (Å²) in [6.07, 6.45) is -7.05. The number of carbonyl (C=O) groups excluding carboxylic acids is 3. The monoisotopic (exact) mass is 837 g/mol. The van der Waals surface area contributed by atoms with Gasteiger partial charge in [-0.05, 0) is 87.5 Å². The summed E-state index contributed by atoms with van der Waals surface area (Å²) in [5.41, 5.74) is -4.91. The molecular weight excluding hydrogens is 806 g/mol. The first-order chi connectivity index (χ1) is 24.0. The first-order valence-corrected chi connectivity index (χ1v) is 18.6. The quantitative estimate of drug-likeness (QED) is 0.256. The lowest BCUT2D eigenvalue weighted by molar-refractivity contribution is -0.255. The number of ether oxygens (including phenoxy) is 2. The maximum absolute atomic E-state index is 15.7. The van der Waals surface area contributed by atoms with Gasteiger partial charge in [-0.25, -0.2) is 17.6 Å². The zero-order valence-electron chi connectivity index (χ0n) is 28.1. The molecule has 2 saturated heterocycles. The van der Waals surface area contributed by atoms with Crippen LogP contribution in [0.2, 0.25) is 5.02 Å². The number of likely N-dealkylation sites (tertiary alicyclic amines) is 1. The van der Waals surface area contributed by atoms with Crippen molar-refractivity contribution in [1.29, 1.82) is 5.26 Å². The van der Waals surface area contributed by atoms with Gasteiger partial charge in [0.15, 0.2) is 21.5 Å². The number of alkyl halides is 3. The second-order valence-corrected chi connectivity index (χ2v) is 17.2. The van der Waals surface area contributed by atoms with Crippen LogP contribution in [0.5, 0.6) is 5.75 Å². The van der Waals surface area contributed by atoms with Crippen molar-refractivity contribution >= 4 is 55.3 Å². The highest BCUT2D eigenvalue weighted by molar-refractivity contribution is 9.10. The molecule has 1 saturated carbocycles. The molecule has 1 aliphatic carbocycles. The van der Waals surface area contributed by atoms with Crippen LogP contribution >= 0.6 is 27.5 Å². The third-order valence-corrected chi connectivity index (χ3v) is 11.9. The minimum atomic E-state index is -4.71. The Kier molecular flexibility index (Phi) is 10.6. The number of carbonyl (C=O) groups is 3. The normalized spacial score (nSPS) is 23.5. The van der Waals surface area contributed by atoms with E-state index in [4.69, 9.17) is 25.9 Å². The number of rotatable bonds is 9. The SMILES string of the molecule is C[C@H](Oc1ccc(S(=O)(=O)[C@@H]2C[C@@H](C(=O)NC3(C#N)CC3)N(C(=O)C3(c4ncc(Br)cc4F)CCN3OC(=O)OC(C)(C)C)C2)c(Cl)c1)C(F)(F)F. The summed E-state index contributed by atoms with van der Waals surface area (Å²) in [5.74, 6) is -3.24. The van der Waals surface area contributed by atoms with Gasteiger partial charge in [-0.1, -0.05) is 11.6 Å². The Labute approximate surface area is 309 Å². The third-order valence-electron chi connectivity index (χ3n) is 8.81. The summed E-state index contributed by atoms with van der Waals surface area (Å²) in [5, 5.41) is 11.1. The Morgan fingerprint density at radius 3 is 2.37 bits per heavy atom. The Morgan fingerprint density at radius 2 is 1.85 bits per heavy atom. The highest BCUT2D eigenvalue weighted by atomic mass is 79.9. The van der Waals surface area contributed by atoms with Crippen molar-refractivity contribution in [2.24, 2.45) is 0 Å². The number of nitrogens with zero attached hydrogens (tertiary/aromatic N) is 4. The number of nitriles is 1. The van der Waals surface area contributed by atoms with E-state index in [0.29, 0.717) is 12.8 Å². The van der Waals surface area contributed by atoms with Crippen LogP contribution in [-0.2, 0) is 34.5 Å². The highest BCUT2D eigenvalue weighted by Crippen LogP contribution is 2.46. The van der Waals surface area contributed by atoms with Crippen molar-refractivity contribution in [2.75, 3.05) is 13.1 Å². The topological polar surface area (TPSA) is 168 Å². The van der Waals surface area contributed by atoms with Crippen molar-refractivity contribution in [2.45, 2.75) is 98.5 Å². The van der Waals surface area contributed by atoms with Crippen LogP contribution in [0, 0.1) is 17.1 Å². The van der Waals surface area contributed by atoms with Crippen molar-refractivity contribution < 1.29 is 54.7 Å². The molecule has 0 spiro atoms. The fourth-order valence-electron chi connectivity index (χ4n) is 5.86. The van der Waals surface area contributed by atoms with Crippen molar-refractivity contribution in [3.63, 3.8) is 0 Å². The lowest BCUT2D eigenvalue weighted by Gasteiger charge is -2.49. The van der Waals surface area contributed by atoms with Crippen molar-refractivity contribution in [3.8, 4) is 11.8 Å². The molecular formula is C32H33BrClF4N5O8S. The van der Waals surface area contributed by atoms with E-state index in [1.807, 2.05) is 6.07 Å². The van der Waals surface area contributed by atoms with Gasteiger partial charge >= 0.3 is 12.3 Å². The molecule has 3 heterocycles. The third kappa shape index (κ3) is 7.80. The zero-order chi connectivity index (χ0) is 38.6. The van der Waals surface area contributed by atoms with Gasteiger partial charge in [0.25, 0.3) is 5.91 Å². The van der Waals surface area contributed by atoms with E-state index in [2.05, 4.69) is 26.2 Å². The summed E-state index contributed by atoms with van der Waals surface area (Å²) < 4.78 is 93.3. The molecule has 2 aliphatic heterocycles. The maximum Gasteiger partial charge on any atom is 0.528 e. The minimum Gasteiger partial charge on any atom is -0.481 e. The lowest BCUT2D eigenvalue weighted by atomic mass is 9.81. The predicted molar refractivity (Wildman–Crippen MR) is 177 cm³/mol. The van der Waals surface area contributed by atoms with Crippen LogP contribution in [-0.4, -0.2) is 89.1 Å². The van der Waals surface area contributed by atoms with Crippen LogP contribution in [0.1, 0.15) is 59.1 Å². The number of hydrogen-bond acceptors (Lipinski definition) is 11. The molecule has 13 nitrogen and oxygen atoms in total. The maximum atomic E-state index is 15.7. The molecule has 4 atom stereocenters. The van der Waals surface area contributed by atoms with E-state index in [1.165, 1.54) is 6.20 Å². The smallest absolute Gasteiger partial charge is 0.481 e. The number of nitrogens with one attached hydrogen (secondary N) is 1. The molecule has 1 N–H and O–H groups in total. The molecule has 0 bridgehead atoms. The Hall–Kier alpha value is -3.73. The number of pyridine rings is 1.